The highest BCUT2D eigenvalue weighted by Crippen LogP contribution is 2.60. The van der Waals surface area contributed by atoms with Gasteiger partial charge in [-0.3, -0.25) is 14.4 Å². The van der Waals surface area contributed by atoms with Crippen molar-refractivity contribution < 1.29 is 24.2 Å². The minimum Gasteiger partial charge on any atom is -0.395 e. The summed E-state index contributed by atoms with van der Waals surface area (Å²) in [7, 11) is 0. The van der Waals surface area contributed by atoms with E-state index in [0.717, 1.165) is 12.8 Å². The molecule has 1 spiro atoms. The number of benzene rings is 1. The van der Waals surface area contributed by atoms with Crippen molar-refractivity contribution in [2.75, 3.05) is 37.7 Å². The number of likely N-dealkylation sites (tertiary alicyclic amines) is 1. The topological polar surface area (TPSA) is 90.4 Å². The van der Waals surface area contributed by atoms with Crippen LogP contribution in [0, 0.1) is 11.8 Å². The number of unbranched alkanes of at least 4 members (excludes halogenated alkanes) is 1. The van der Waals surface area contributed by atoms with Gasteiger partial charge in [-0.15, -0.1) is 13.2 Å². The monoisotopic (exact) mass is 573 g/mol. The maximum Gasteiger partial charge on any atom is 0.248 e. The fourth-order valence-corrected chi connectivity index (χ4v) is 7.19. The Morgan fingerprint density at radius 3 is 2.54 bits per heavy atom. The third-order valence-electron chi connectivity index (χ3n) is 7.74. The molecule has 3 unspecified atom stereocenters. The maximum absolute atomic E-state index is 14.1. The molecule has 0 radical (unpaired) electrons. The van der Waals surface area contributed by atoms with Gasteiger partial charge in [-0.2, -0.15) is 0 Å². The van der Waals surface area contributed by atoms with E-state index in [9.17, 15) is 19.5 Å². The van der Waals surface area contributed by atoms with Crippen molar-refractivity contribution in [3.05, 3.63) is 55.6 Å². The molecule has 0 aliphatic carbocycles. The van der Waals surface area contributed by atoms with Gasteiger partial charge in [0.1, 0.15) is 11.6 Å². The summed E-state index contributed by atoms with van der Waals surface area (Å²) in [5.74, 6) is -2.35. The number of aliphatic hydroxyl groups is 1. The third kappa shape index (κ3) is 4.66. The molecule has 6 atom stereocenters. The van der Waals surface area contributed by atoms with Crippen LogP contribution in [-0.4, -0.2) is 88.0 Å². The predicted molar refractivity (Wildman–Crippen MR) is 145 cm³/mol. The number of alkyl halides is 1. The lowest BCUT2D eigenvalue weighted by molar-refractivity contribution is -0.148. The normalized spacial score (nSPS) is 29.8. The Balaban J connectivity index is 1.75. The summed E-state index contributed by atoms with van der Waals surface area (Å²) in [5, 5.41) is 9.82. The number of para-hydroxylation sites is 1. The van der Waals surface area contributed by atoms with Gasteiger partial charge in [-0.25, -0.2) is 0 Å². The Morgan fingerprint density at radius 2 is 1.92 bits per heavy atom. The summed E-state index contributed by atoms with van der Waals surface area (Å²) < 4.78 is 6.57. The van der Waals surface area contributed by atoms with Crippen LogP contribution in [0.2, 0.25) is 0 Å². The van der Waals surface area contributed by atoms with Gasteiger partial charge < -0.3 is 24.5 Å². The highest BCUT2D eigenvalue weighted by atomic mass is 79.9. The van der Waals surface area contributed by atoms with Gasteiger partial charge in [0.05, 0.1) is 24.5 Å². The van der Waals surface area contributed by atoms with E-state index in [-0.39, 0.29) is 42.2 Å². The molecule has 3 amide bonds. The first-order chi connectivity index (χ1) is 17.9. The largest absolute Gasteiger partial charge is 0.395 e. The number of hydrogen-bond donors (Lipinski definition) is 1. The number of amides is 3. The number of aliphatic hydroxyl groups excluding tert-OH is 1. The van der Waals surface area contributed by atoms with Gasteiger partial charge in [0.15, 0.2) is 0 Å². The van der Waals surface area contributed by atoms with E-state index in [0.29, 0.717) is 25.2 Å². The first-order valence-corrected chi connectivity index (χ1v) is 13.9. The highest BCUT2D eigenvalue weighted by molar-refractivity contribution is 9.09. The van der Waals surface area contributed by atoms with Crippen LogP contribution in [0.1, 0.15) is 26.2 Å². The summed E-state index contributed by atoms with van der Waals surface area (Å²) in [6.45, 7) is 10.5. The molecule has 1 aromatic rings. The molecule has 1 N–H and O–H groups in total. The zero-order chi connectivity index (χ0) is 26.7. The Morgan fingerprint density at radius 1 is 1.22 bits per heavy atom. The van der Waals surface area contributed by atoms with Crippen LogP contribution < -0.4 is 4.90 Å². The Hall–Kier alpha value is -2.49. The maximum atomic E-state index is 14.1. The smallest absolute Gasteiger partial charge is 0.248 e. The summed E-state index contributed by atoms with van der Waals surface area (Å²) >= 11 is 3.71. The van der Waals surface area contributed by atoms with Gasteiger partial charge in [0, 0.05) is 36.7 Å². The third-order valence-corrected chi connectivity index (χ3v) is 8.58. The number of β-amino-alcohol motifs (C(OH)–C–C–N with tert-alkyl or cyclic N) is 1. The van der Waals surface area contributed by atoms with Crippen LogP contribution in [0.3, 0.4) is 0 Å². The second-order valence-corrected chi connectivity index (χ2v) is 11.1. The second-order valence-electron chi connectivity index (χ2n) is 9.92. The van der Waals surface area contributed by atoms with Crippen molar-refractivity contribution in [1.82, 2.24) is 9.80 Å². The van der Waals surface area contributed by atoms with Crippen LogP contribution in [-0.2, 0) is 19.1 Å². The van der Waals surface area contributed by atoms with E-state index in [2.05, 4.69) is 36.0 Å². The van der Waals surface area contributed by atoms with Crippen LogP contribution in [0.5, 0.6) is 0 Å². The highest BCUT2D eigenvalue weighted by Gasteiger charge is 2.76. The lowest BCUT2D eigenvalue weighted by Gasteiger charge is -2.37. The van der Waals surface area contributed by atoms with Crippen LogP contribution >= 0.6 is 15.9 Å². The molecule has 1 aromatic carbocycles. The summed E-state index contributed by atoms with van der Waals surface area (Å²) in [5.41, 5.74) is -0.442. The number of ether oxygens (including phenoxy) is 1. The fraction of sp³-hybridized carbons (Fsp3) is 0.536. The molecule has 4 rings (SSSR count). The molecule has 200 valence electrons. The van der Waals surface area contributed by atoms with E-state index in [1.165, 1.54) is 4.90 Å². The number of fused-ring (bicyclic) bond motifs is 1. The Bertz CT molecular complexity index is 1040. The molecular weight excluding hydrogens is 538 g/mol. The quantitative estimate of drug-likeness (QED) is 0.307. The number of rotatable bonds is 12. The van der Waals surface area contributed by atoms with E-state index in [1.54, 1.807) is 22.0 Å². The molecule has 3 heterocycles. The molecular formula is C28H36BrN3O5. The summed E-state index contributed by atoms with van der Waals surface area (Å²) in [6, 6.07) is 8.36. The first-order valence-electron chi connectivity index (χ1n) is 13.0. The molecule has 0 aromatic heterocycles. The van der Waals surface area contributed by atoms with Crippen LogP contribution in [0.25, 0.3) is 0 Å². The van der Waals surface area contributed by atoms with Crippen molar-refractivity contribution in [1.29, 1.82) is 0 Å². The number of carbonyl (C=O) groups is 3. The molecule has 0 saturated carbocycles. The fourth-order valence-electron chi connectivity index (χ4n) is 6.25. The average Bonchev–Trinajstić information content (AvgIpc) is 3.48. The van der Waals surface area contributed by atoms with Gasteiger partial charge >= 0.3 is 0 Å². The lowest BCUT2D eigenvalue weighted by atomic mass is 9.70. The Kier molecular flexibility index (Phi) is 8.56. The molecule has 3 aliphatic heterocycles. The Labute approximate surface area is 227 Å². The summed E-state index contributed by atoms with van der Waals surface area (Å²) in [4.78, 5) is 46.7. The molecule has 3 saturated heterocycles. The van der Waals surface area contributed by atoms with Crippen molar-refractivity contribution in [2.24, 2.45) is 11.8 Å². The number of halogens is 1. The molecule has 2 bridgehead atoms. The molecule has 9 heteroatoms. The molecule has 8 nitrogen and oxygen atoms in total. The van der Waals surface area contributed by atoms with E-state index in [4.69, 9.17) is 4.74 Å². The van der Waals surface area contributed by atoms with Crippen molar-refractivity contribution in [3.8, 4) is 0 Å². The van der Waals surface area contributed by atoms with Crippen molar-refractivity contribution in [3.63, 3.8) is 0 Å². The van der Waals surface area contributed by atoms with Crippen LogP contribution in [0.4, 0.5) is 5.69 Å². The van der Waals surface area contributed by atoms with Crippen molar-refractivity contribution in [2.45, 2.75) is 48.8 Å². The van der Waals surface area contributed by atoms with Gasteiger partial charge in [-0.05, 0) is 25.0 Å². The standard InChI is InChI=1S/C28H36BrN3O5/c1-4-7-15-30(13-5-2)27(36)24-28-18-20(29)23(37-28)21(22(28)26(35)32(24)16-17-33)25(34)31(14-6-3)19-11-9-8-10-12-19/h5-6,8-12,20-24,33H,2-4,7,13-18H2,1H3/t20?,21-,22-,23-,24?,28?/m0/s1. The zero-order valence-corrected chi connectivity index (χ0v) is 22.9. The second kappa shape index (κ2) is 11.5. The SMILES string of the molecule is C=CCN(CCCC)C(=O)C1N(CCO)C(=O)[C@@H]2[C@H](C(=O)N(CC=C)c3ccccc3)[C@H]3OC12CC3Br. The molecule has 3 aliphatic rings. The van der Waals surface area contributed by atoms with Gasteiger partial charge in [0.2, 0.25) is 17.7 Å². The minimum atomic E-state index is -1.15. The van der Waals surface area contributed by atoms with E-state index >= 15 is 0 Å². The van der Waals surface area contributed by atoms with Crippen molar-refractivity contribution >= 4 is 39.3 Å². The van der Waals surface area contributed by atoms with E-state index in [1.807, 2.05) is 30.3 Å². The lowest BCUT2D eigenvalue weighted by Crippen LogP contribution is -2.57. The number of nitrogens with zero attached hydrogens (tertiary/aromatic N) is 3. The summed E-state index contributed by atoms with van der Waals surface area (Å²) in [6.07, 6.45) is 4.94. The minimum absolute atomic E-state index is 0.000143. The van der Waals surface area contributed by atoms with E-state index < -0.39 is 29.6 Å². The number of anilines is 1. The zero-order valence-electron chi connectivity index (χ0n) is 21.3. The molecule has 3 fully saturated rings. The average molecular weight is 575 g/mol. The van der Waals surface area contributed by atoms with Gasteiger partial charge in [0.25, 0.3) is 0 Å². The van der Waals surface area contributed by atoms with Gasteiger partial charge in [-0.1, -0.05) is 59.6 Å². The number of hydrogen-bond acceptors (Lipinski definition) is 5. The number of carbonyl (C=O) groups excluding carboxylic acids is 3. The molecule has 37 heavy (non-hydrogen) atoms. The predicted octanol–water partition coefficient (Wildman–Crippen LogP) is 2.76. The van der Waals surface area contributed by atoms with Crippen LogP contribution in [0.15, 0.2) is 55.6 Å². The first kappa shape index (κ1) is 27.5.